The van der Waals surface area contributed by atoms with Crippen LogP contribution in [0.15, 0.2) is 18.2 Å². The average Bonchev–Trinajstić information content (AvgIpc) is 2.81. The fraction of sp³-hybridized carbons (Fsp3) is 0.600. The average molecular weight is 251 g/mol. The molecule has 92 valence electrons. The molecule has 2 aliphatic carbocycles. The van der Waals surface area contributed by atoms with Crippen LogP contribution in [0.3, 0.4) is 0 Å². The van der Waals surface area contributed by atoms with Crippen LogP contribution >= 0.6 is 11.6 Å². The van der Waals surface area contributed by atoms with Gasteiger partial charge in [-0.2, -0.15) is 0 Å². The van der Waals surface area contributed by atoms with Gasteiger partial charge in [0.15, 0.2) is 0 Å². The van der Waals surface area contributed by atoms with Crippen molar-refractivity contribution in [2.45, 2.75) is 31.6 Å². The molecule has 1 nitrogen and oxygen atoms in total. The van der Waals surface area contributed by atoms with Gasteiger partial charge < -0.3 is 4.74 Å². The Kier molecular flexibility index (Phi) is 2.82. The molecule has 0 amide bonds. The van der Waals surface area contributed by atoms with Crippen LogP contribution in [-0.4, -0.2) is 7.11 Å². The quantitative estimate of drug-likeness (QED) is 0.726. The molecule has 1 aromatic rings. The topological polar surface area (TPSA) is 9.23 Å². The molecule has 0 heterocycles. The van der Waals surface area contributed by atoms with E-state index in [0.717, 1.165) is 23.5 Å². The molecule has 0 aromatic heterocycles. The van der Waals surface area contributed by atoms with Crippen molar-refractivity contribution in [3.8, 4) is 5.75 Å². The Balaban J connectivity index is 1.80. The van der Waals surface area contributed by atoms with Crippen molar-refractivity contribution >= 4 is 11.6 Å². The smallest absolute Gasteiger partial charge is 0.119 e. The van der Waals surface area contributed by atoms with Crippen molar-refractivity contribution in [3.63, 3.8) is 0 Å². The number of hydrogen-bond acceptors (Lipinski definition) is 1. The van der Waals surface area contributed by atoms with E-state index >= 15 is 0 Å². The number of halogens is 1. The van der Waals surface area contributed by atoms with Crippen LogP contribution in [0.1, 0.15) is 35.8 Å². The molecule has 17 heavy (non-hydrogen) atoms. The minimum Gasteiger partial charge on any atom is -0.497 e. The standard InChI is InChI=1S/C15H19ClO/c1-9-8-10(17-2)6-7-11(9)15(16)14-12-4-3-5-13(12)14/h6-8,12-15H,3-5H2,1-2H3. The number of rotatable bonds is 3. The maximum absolute atomic E-state index is 6.67. The van der Waals surface area contributed by atoms with Crippen molar-refractivity contribution in [1.82, 2.24) is 0 Å². The highest BCUT2D eigenvalue weighted by Crippen LogP contribution is 2.64. The fourth-order valence-electron chi connectivity index (χ4n) is 3.60. The van der Waals surface area contributed by atoms with Crippen molar-refractivity contribution in [2.75, 3.05) is 7.11 Å². The number of aryl methyl sites for hydroxylation is 1. The molecule has 3 unspecified atom stereocenters. The predicted octanol–water partition coefficient (Wildman–Crippen LogP) is 4.33. The fourth-order valence-corrected chi connectivity index (χ4v) is 4.22. The number of hydrogen-bond donors (Lipinski definition) is 0. The Hall–Kier alpha value is -0.690. The molecule has 2 heteroatoms. The second-order valence-corrected chi connectivity index (χ2v) is 5.93. The minimum atomic E-state index is 0.205. The number of benzene rings is 1. The van der Waals surface area contributed by atoms with E-state index in [4.69, 9.17) is 16.3 Å². The number of methoxy groups -OCH3 is 1. The van der Waals surface area contributed by atoms with E-state index in [2.05, 4.69) is 19.1 Å². The van der Waals surface area contributed by atoms with Crippen molar-refractivity contribution in [1.29, 1.82) is 0 Å². The summed E-state index contributed by atoms with van der Waals surface area (Å²) in [5.41, 5.74) is 2.56. The summed E-state index contributed by atoms with van der Waals surface area (Å²) in [4.78, 5) is 0. The second-order valence-electron chi connectivity index (χ2n) is 5.46. The lowest BCUT2D eigenvalue weighted by atomic mass is 9.98. The van der Waals surface area contributed by atoms with Crippen molar-refractivity contribution in [3.05, 3.63) is 29.3 Å². The SMILES string of the molecule is COc1ccc(C(Cl)C2C3CCCC32)c(C)c1. The molecule has 2 saturated carbocycles. The Morgan fingerprint density at radius 2 is 2.00 bits per heavy atom. The third kappa shape index (κ3) is 1.85. The number of alkyl halides is 1. The lowest BCUT2D eigenvalue weighted by molar-refractivity contribution is 0.414. The summed E-state index contributed by atoms with van der Waals surface area (Å²) in [6.07, 6.45) is 4.21. The first-order valence-corrected chi connectivity index (χ1v) is 6.94. The zero-order valence-electron chi connectivity index (χ0n) is 10.4. The van der Waals surface area contributed by atoms with Gasteiger partial charge in [0, 0.05) is 0 Å². The largest absolute Gasteiger partial charge is 0.497 e. The Morgan fingerprint density at radius 3 is 2.59 bits per heavy atom. The summed E-state index contributed by atoms with van der Waals surface area (Å²) in [5.74, 6) is 3.49. The van der Waals surface area contributed by atoms with Gasteiger partial charge in [0.2, 0.25) is 0 Å². The molecule has 2 aliphatic rings. The summed E-state index contributed by atoms with van der Waals surface area (Å²) < 4.78 is 5.24. The minimum absolute atomic E-state index is 0.205. The van der Waals surface area contributed by atoms with Gasteiger partial charge in [-0.3, -0.25) is 0 Å². The highest BCUT2D eigenvalue weighted by Gasteiger charge is 2.55. The third-order valence-electron chi connectivity index (χ3n) is 4.58. The maximum Gasteiger partial charge on any atom is 0.119 e. The van der Waals surface area contributed by atoms with Crippen LogP contribution in [0.4, 0.5) is 0 Å². The van der Waals surface area contributed by atoms with Gasteiger partial charge in [-0.05, 0) is 60.8 Å². The van der Waals surface area contributed by atoms with Crippen LogP contribution in [-0.2, 0) is 0 Å². The van der Waals surface area contributed by atoms with E-state index < -0.39 is 0 Å². The van der Waals surface area contributed by atoms with Crippen LogP contribution < -0.4 is 4.74 Å². The number of fused-ring (bicyclic) bond motifs is 1. The molecule has 1 aromatic carbocycles. The van der Waals surface area contributed by atoms with Gasteiger partial charge in [0.05, 0.1) is 12.5 Å². The van der Waals surface area contributed by atoms with Gasteiger partial charge in [0.25, 0.3) is 0 Å². The van der Waals surface area contributed by atoms with E-state index in [0.29, 0.717) is 0 Å². The van der Waals surface area contributed by atoms with Crippen LogP contribution in [0, 0.1) is 24.7 Å². The van der Waals surface area contributed by atoms with E-state index in [9.17, 15) is 0 Å². The van der Waals surface area contributed by atoms with E-state index in [1.807, 2.05) is 6.07 Å². The maximum atomic E-state index is 6.67. The van der Waals surface area contributed by atoms with Crippen molar-refractivity contribution < 1.29 is 4.74 Å². The second kappa shape index (κ2) is 4.20. The lowest BCUT2D eigenvalue weighted by Gasteiger charge is -2.15. The molecule has 0 bridgehead atoms. The third-order valence-corrected chi connectivity index (χ3v) is 5.11. The molecule has 0 radical (unpaired) electrons. The van der Waals surface area contributed by atoms with E-state index in [1.165, 1.54) is 30.4 Å². The molecule has 2 fully saturated rings. The van der Waals surface area contributed by atoms with Gasteiger partial charge in [0.1, 0.15) is 5.75 Å². The van der Waals surface area contributed by atoms with Crippen LogP contribution in [0.5, 0.6) is 5.75 Å². The first-order chi connectivity index (χ1) is 8.22. The van der Waals surface area contributed by atoms with Gasteiger partial charge in [-0.1, -0.05) is 12.5 Å². The summed E-state index contributed by atoms with van der Waals surface area (Å²) in [5, 5.41) is 0.205. The molecule has 0 aliphatic heterocycles. The van der Waals surface area contributed by atoms with Gasteiger partial charge in [-0.15, -0.1) is 11.6 Å². The van der Waals surface area contributed by atoms with E-state index in [-0.39, 0.29) is 5.38 Å². The first-order valence-electron chi connectivity index (χ1n) is 6.51. The van der Waals surface area contributed by atoms with Gasteiger partial charge >= 0.3 is 0 Å². The Morgan fingerprint density at radius 1 is 1.29 bits per heavy atom. The highest BCUT2D eigenvalue weighted by molar-refractivity contribution is 6.21. The summed E-state index contributed by atoms with van der Waals surface area (Å²) in [6, 6.07) is 6.25. The summed E-state index contributed by atoms with van der Waals surface area (Å²) in [6.45, 7) is 2.13. The van der Waals surface area contributed by atoms with Gasteiger partial charge in [-0.25, -0.2) is 0 Å². The number of ether oxygens (including phenoxy) is 1. The first kappa shape index (κ1) is 11.4. The lowest BCUT2D eigenvalue weighted by Crippen LogP contribution is -2.01. The molecule has 0 saturated heterocycles. The van der Waals surface area contributed by atoms with E-state index in [1.54, 1.807) is 7.11 Å². The zero-order valence-corrected chi connectivity index (χ0v) is 11.2. The molecular formula is C15H19ClO. The molecule has 3 atom stereocenters. The van der Waals surface area contributed by atoms with Crippen LogP contribution in [0.2, 0.25) is 0 Å². The molecule has 3 rings (SSSR count). The van der Waals surface area contributed by atoms with Crippen LogP contribution in [0.25, 0.3) is 0 Å². The highest BCUT2D eigenvalue weighted by atomic mass is 35.5. The Labute approximate surface area is 108 Å². The molecular weight excluding hydrogens is 232 g/mol. The Bertz CT molecular complexity index is 419. The normalized spacial score (nSPS) is 32.1. The van der Waals surface area contributed by atoms with Crippen molar-refractivity contribution in [2.24, 2.45) is 17.8 Å². The monoisotopic (exact) mass is 250 g/mol. The zero-order chi connectivity index (χ0) is 12.0. The molecule has 0 N–H and O–H groups in total. The predicted molar refractivity (Wildman–Crippen MR) is 70.6 cm³/mol. The molecule has 0 spiro atoms. The summed E-state index contributed by atoms with van der Waals surface area (Å²) in [7, 11) is 1.71. The summed E-state index contributed by atoms with van der Waals surface area (Å²) >= 11 is 6.67.